The summed E-state index contributed by atoms with van der Waals surface area (Å²) in [5, 5.41) is 3.88. The van der Waals surface area contributed by atoms with Crippen LogP contribution in [0.5, 0.6) is 0 Å². The van der Waals surface area contributed by atoms with Crippen molar-refractivity contribution in [3.63, 3.8) is 0 Å². The Hall–Kier alpha value is -0.0800. The van der Waals surface area contributed by atoms with Gasteiger partial charge in [0.2, 0.25) is 0 Å². The van der Waals surface area contributed by atoms with Crippen molar-refractivity contribution < 1.29 is 0 Å². The van der Waals surface area contributed by atoms with Crippen LogP contribution in [0.4, 0.5) is 0 Å². The smallest absolute Gasteiger partial charge is 0.0356 e. The summed E-state index contributed by atoms with van der Waals surface area (Å²) in [5.41, 5.74) is 0.430. The summed E-state index contributed by atoms with van der Waals surface area (Å²) >= 11 is 0. The quantitative estimate of drug-likeness (QED) is 0.558. The molecule has 0 amide bonds. The molecule has 0 bridgehead atoms. The minimum absolute atomic E-state index is 0.430. The molecule has 0 heterocycles. The summed E-state index contributed by atoms with van der Waals surface area (Å²) in [6, 6.07) is 0.696. The normalized spacial score (nSPS) is 19.6. The molecule has 1 atom stereocenters. The van der Waals surface area contributed by atoms with Gasteiger partial charge in [-0.15, -0.1) is 0 Å². The van der Waals surface area contributed by atoms with Gasteiger partial charge in [0, 0.05) is 11.6 Å². The Morgan fingerprint density at radius 3 is 2.15 bits per heavy atom. The van der Waals surface area contributed by atoms with Gasteiger partial charge >= 0.3 is 0 Å². The molecule has 0 aliphatic heterocycles. The van der Waals surface area contributed by atoms with Crippen molar-refractivity contribution in [2.24, 2.45) is 0 Å². The van der Waals surface area contributed by atoms with Crippen LogP contribution in [0.25, 0.3) is 0 Å². The Morgan fingerprint density at radius 1 is 0.950 bits per heavy atom. The molecule has 0 aromatic rings. The minimum Gasteiger partial charge on any atom is -0.312 e. The Balaban J connectivity index is 2.52. The van der Waals surface area contributed by atoms with E-state index in [0.717, 1.165) is 0 Å². The molecule has 1 rings (SSSR count). The lowest BCUT2D eigenvalue weighted by molar-refractivity contribution is 0.0983. The first kappa shape index (κ1) is 18.0. The van der Waals surface area contributed by atoms with Gasteiger partial charge in [-0.25, -0.2) is 0 Å². The van der Waals surface area contributed by atoms with Crippen LogP contribution in [0.15, 0.2) is 0 Å². The first-order chi connectivity index (χ1) is 9.67. The van der Waals surface area contributed by atoms with Gasteiger partial charge in [-0.05, 0) is 46.3 Å². The number of likely N-dealkylation sites (N-methyl/N-ethyl adjacent to an activating group) is 1. The second kappa shape index (κ2) is 9.78. The molecular weight excluding hydrogens is 244 g/mol. The lowest BCUT2D eigenvalue weighted by atomic mass is 9.83. The second-order valence-electron chi connectivity index (χ2n) is 6.91. The predicted molar refractivity (Wildman–Crippen MR) is 90.3 cm³/mol. The van der Waals surface area contributed by atoms with Crippen molar-refractivity contribution in [2.75, 3.05) is 20.6 Å². The van der Waals surface area contributed by atoms with Gasteiger partial charge in [0.25, 0.3) is 0 Å². The van der Waals surface area contributed by atoms with Crippen LogP contribution in [-0.4, -0.2) is 37.1 Å². The fourth-order valence-corrected chi connectivity index (χ4v) is 3.93. The highest BCUT2D eigenvalue weighted by Gasteiger charge is 2.42. The van der Waals surface area contributed by atoms with Crippen molar-refractivity contribution in [2.45, 2.75) is 96.1 Å². The van der Waals surface area contributed by atoms with E-state index in [4.69, 9.17) is 0 Å². The van der Waals surface area contributed by atoms with Gasteiger partial charge < -0.3 is 10.2 Å². The molecule has 0 aromatic heterocycles. The third-order valence-corrected chi connectivity index (χ3v) is 5.25. The van der Waals surface area contributed by atoms with Gasteiger partial charge in [-0.1, -0.05) is 58.8 Å². The molecule has 0 saturated heterocycles. The highest BCUT2D eigenvalue weighted by molar-refractivity contribution is 5.01. The van der Waals surface area contributed by atoms with Crippen LogP contribution in [0.2, 0.25) is 0 Å². The molecule has 0 aromatic carbocycles. The number of hydrogen-bond acceptors (Lipinski definition) is 2. The predicted octanol–water partition coefficient (Wildman–Crippen LogP) is 4.59. The van der Waals surface area contributed by atoms with Crippen molar-refractivity contribution >= 4 is 0 Å². The van der Waals surface area contributed by atoms with Crippen LogP contribution in [0.3, 0.4) is 0 Å². The topological polar surface area (TPSA) is 15.3 Å². The molecular formula is C18H38N2. The van der Waals surface area contributed by atoms with E-state index in [1.165, 1.54) is 77.2 Å². The Morgan fingerprint density at radius 2 is 1.60 bits per heavy atom. The zero-order chi connectivity index (χ0) is 14.8. The number of nitrogens with one attached hydrogen (secondary N) is 1. The summed E-state index contributed by atoms with van der Waals surface area (Å²) in [7, 11) is 4.59. The number of rotatable bonds is 11. The molecule has 1 fully saturated rings. The first-order valence-corrected chi connectivity index (χ1v) is 9.08. The van der Waals surface area contributed by atoms with Crippen molar-refractivity contribution in [3.8, 4) is 0 Å². The highest BCUT2D eigenvalue weighted by atomic mass is 15.2. The third kappa shape index (κ3) is 5.04. The van der Waals surface area contributed by atoms with Gasteiger partial charge in [-0.3, -0.25) is 0 Å². The zero-order valence-electron chi connectivity index (χ0n) is 14.5. The summed E-state index contributed by atoms with van der Waals surface area (Å²) in [6.07, 6.45) is 15.2. The van der Waals surface area contributed by atoms with Crippen LogP contribution < -0.4 is 5.32 Å². The van der Waals surface area contributed by atoms with Crippen molar-refractivity contribution in [1.29, 1.82) is 0 Å². The molecule has 20 heavy (non-hydrogen) atoms. The molecule has 1 aliphatic carbocycles. The van der Waals surface area contributed by atoms with Gasteiger partial charge in [0.15, 0.2) is 0 Å². The fraction of sp³-hybridized carbons (Fsp3) is 1.00. The third-order valence-electron chi connectivity index (χ3n) is 5.25. The van der Waals surface area contributed by atoms with E-state index in [2.05, 4.69) is 38.2 Å². The Bertz CT molecular complexity index is 232. The summed E-state index contributed by atoms with van der Waals surface area (Å²) in [6.45, 7) is 5.75. The maximum atomic E-state index is 3.88. The van der Waals surface area contributed by atoms with E-state index in [1.807, 2.05) is 0 Å². The lowest BCUT2D eigenvalue weighted by Gasteiger charge is -2.44. The molecule has 2 nitrogen and oxygen atoms in total. The van der Waals surface area contributed by atoms with E-state index in [-0.39, 0.29) is 0 Å². The number of hydrogen-bond donors (Lipinski definition) is 1. The minimum atomic E-state index is 0.430. The molecule has 1 N–H and O–H groups in total. The fourth-order valence-electron chi connectivity index (χ4n) is 3.93. The average Bonchev–Trinajstić information content (AvgIpc) is 2.92. The van der Waals surface area contributed by atoms with Crippen LogP contribution in [0, 0.1) is 0 Å². The maximum absolute atomic E-state index is 3.88. The van der Waals surface area contributed by atoms with Crippen LogP contribution >= 0.6 is 0 Å². The van der Waals surface area contributed by atoms with Crippen molar-refractivity contribution in [3.05, 3.63) is 0 Å². The molecule has 0 spiro atoms. The van der Waals surface area contributed by atoms with E-state index in [1.54, 1.807) is 0 Å². The monoisotopic (exact) mass is 282 g/mol. The molecule has 0 radical (unpaired) electrons. The Kier molecular flexibility index (Phi) is 8.79. The highest BCUT2D eigenvalue weighted by Crippen LogP contribution is 2.38. The van der Waals surface area contributed by atoms with Gasteiger partial charge in [0.05, 0.1) is 0 Å². The van der Waals surface area contributed by atoms with Crippen LogP contribution in [0.1, 0.15) is 84.5 Å². The lowest BCUT2D eigenvalue weighted by Crippen LogP contribution is -2.57. The molecule has 120 valence electrons. The maximum Gasteiger partial charge on any atom is 0.0356 e. The summed E-state index contributed by atoms with van der Waals surface area (Å²) in [4.78, 5) is 2.53. The van der Waals surface area contributed by atoms with E-state index in [0.29, 0.717) is 11.6 Å². The van der Waals surface area contributed by atoms with Crippen molar-refractivity contribution in [1.82, 2.24) is 10.2 Å². The van der Waals surface area contributed by atoms with E-state index in [9.17, 15) is 0 Å². The van der Waals surface area contributed by atoms with E-state index < -0.39 is 0 Å². The zero-order valence-corrected chi connectivity index (χ0v) is 14.5. The van der Waals surface area contributed by atoms with Crippen LogP contribution in [-0.2, 0) is 0 Å². The average molecular weight is 283 g/mol. The standard InChI is InChI=1S/C18H38N2/c1-5-7-8-9-10-13-17(19-16-6-2)18(20(3)4)14-11-12-15-18/h17,19H,5-16H2,1-4H3. The first-order valence-electron chi connectivity index (χ1n) is 9.08. The largest absolute Gasteiger partial charge is 0.312 e. The summed E-state index contributed by atoms with van der Waals surface area (Å²) < 4.78 is 0. The van der Waals surface area contributed by atoms with E-state index >= 15 is 0 Å². The number of unbranched alkanes of at least 4 members (excludes halogenated alkanes) is 4. The molecule has 1 unspecified atom stereocenters. The molecule has 1 aliphatic rings. The van der Waals surface area contributed by atoms with Gasteiger partial charge in [-0.2, -0.15) is 0 Å². The summed E-state index contributed by atoms with van der Waals surface area (Å²) in [5.74, 6) is 0. The van der Waals surface area contributed by atoms with Gasteiger partial charge in [0.1, 0.15) is 0 Å². The number of nitrogens with zero attached hydrogens (tertiary/aromatic N) is 1. The molecule has 1 saturated carbocycles. The SMILES string of the molecule is CCCCCCCC(NCCC)C1(N(C)C)CCCC1. The molecule has 2 heteroatoms. The second-order valence-corrected chi connectivity index (χ2v) is 6.91. The Labute approximate surface area is 127 Å².